The molecule has 0 aliphatic rings. The highest BCUT2D eigenvalue weighted by molar-refractivity contribution is 6.30. The van der Waals surface area contributed by atoms with Gasteiger partial charge in [0.1, 0.15) is 0 Å². The van der Waals surface area contributed by atoms with Crippen LogP contribution in [0.4, 0.5) is 0 Å². The van der Waals surface area contributed by atoms with E-state index in [-0.39, 0.29) is 0 Å². The summed E-state index contributed by atoms with van der Waals surface area (Å²) in [6.45, 7) is 0. The number of hydrogen-bond acceptors (Lipinski definition) is 1. The van der Waals surface area contributed by atoms with Crippen molar-refractivity contribution < 1.29 is 4.79 Å². The molecule has 0 fully saturated rings. The smallest absolute Gasteiger partial charge is 0.241 e. The monoisotopic (exact) mass is 257 g/mol. The molecule has 0 atom stereocenters. The van der Waals surface area contributed by atoms with E-state index in [0.717, 1.165) is 21.7 Å². The van der Waals surface area contributed by atoms with Crippen molar-refractivity contribution in [1.29, 1.82) is 0 Å². The molecule has 0 heterocycles. The molecule has 0 saturated heterocycles. The van der Waals surface area contributed by atoms with Crippen LogP contribution in [0.3, 0.4) is 0 Å². The van der Waals surface area contributed by atoms with Gasteiger partial charge in [-0.3, -0.25) is 4.79 Å². The number of hydrogen-bond donors (Lipinski definition) is 1. The number of carbonyl (C=O) groups excluding carboxylic acids is 1. The molecule has 0 spiro atoms. The highest BCUT2D eigenvalue weighted by atomic mass is 35.5. The number of nitrogens with two attached hydrogens (primary N) is 1. The zero-order chi connectivity index (χ0) is 13.0. The quantitative estimate of drug-likeness (QED) is 0.840. The predicted molar refractivity (Wildman–Crippen MR) is 75.1 cm³/mol. The van der Waals surface area contributed by atoms with Gasteiger partial charge < -0.3 is 5.73 Å². The molecule has 0 radical (unpaired) electrons. The van der Waals surface area contributed by atoms with Gasteiger partial charge in [-0.1, -0.05) is 48.0 Å². The summed E-state index contributed by atoms with van der Waals surface area (Å²) in [5.41, 5.74) is 8.18. The van der Waals surface area contributed by atoms with Crippen LogP contribution in [0.1, 0.15) is 5.56 Å². The maximum atomic E-state index is 10.6. The lowest BCUT2D eigenvalue weighted by Gasteiger charge is -2.02. The van der Waals surface area contributed by atoms with Crippen molar-refractivity contribution >= 4 is 23.6 Å². The van der Waals surface area contributed by atoms with E-state index in [0.29, 0.717) is 0 Å². The van der Waals surface area contributed by atoms with E-state index < -0.39 is 5.91 Å². The molecule has 0 saturated carbocycles. The van der Waals surface area contributed by atoms with Gasteiger partial charge in [0.25, 0.3) is 0 Å². The molecule has 2 N–H and O–H groups in total. The van der Waals surface area contributed by atoms with Gasteiger partial charge in [0.15, 0.2) is 0 Å². The van der Waals surface area contributed by atoms with Crippen molar-refractivity contribution in [3.05, 3.63) is 65.2 Å². The molecule has 18 heavy (non-hydrogen) atoms. The van der Waals surface area contributed by atoms with Crippen molar-refractivity contribution in [1.82, 2.24) is 0 Å². The van der Waals surface area contributed by atoms with Crippen molar-refractivity contribution in [2.75, 3.05) is 0 Å². The summed E-state index contributed by atoms with van der Waals surface area (Å²) in [7, 11) is 0. The van der Waals surface area contributed by atoms with Crippen LogP contribution in [-0.2, 0) is 4.79 Å². The van der Waals surface area contributed by atoms with Gasteiger partial charge in [0, 0.05) is 11.1 Å². The van der Waals surface area contributed by atoms with Gasteiger partial charge in [0.05, 0.1) is 0 Å². The molecule has 0 bridgehead atoms. The second-order valence-corrected chi connectivity index (χ2v) is 4.30. The Kier molecular flexibility index (Phi) is 3.80. The highest BCUT2D eigenvalue weighted by Crippen LogP contribution is 2.22. The largest absolute Gasteiger partial charge is 0.366 e. The third-order valence-electron chi connectivity index (χ3n) is 2.53. The van der Waals surface area contributed by atoms with Crippen LogP contribution in [0.5, 0.6) is 0 Å². The summed E-state index contributed by atoms with van der Waals surface area (Å²) < 4.78 is 0. The minimum absolute atomic E-state index is 0.447. The summed E-state index contributed by atoms with van der Waals surface area (Å²) in [6.07, 6.45) is 3.03. The van der Waals surface area contributed by atoms with Crippen LogP contribution in [0.2, 0.25) is 5.02 Å². The van der Waals surface area contributed by atoms with Crippen molar-refractivity contribution in [3.8, 4) is 11.1 Å². The molecule has 3 heteroatoms. The Morgan fingerprint density at radius 2 is 1.44 bits per heavy atom. The van der Waals surface area contributed by atoms with E-state index in [9.17, 15) is 4.79 Å². The summed E-state index contributed by atoms with van der Waals surface area (Å²) in [4.78, 5) is 10.6. The Morgan fingerprint density at radius 3 is 1.94 bits per heavy atom. The SMILES string of the molecule is NC(=O)/C=C/c1ccc(-c2ccc(Cl)cc2)cc1. The third-order valence-corrected chi connectivity index (χ3v) is 2.78. The minimum Gasteiger partial charge on any atom is -0.366 e. The van der Waals surface area contributed by atoms with Gasteiger partial charge >= 0.3 is 0 Å². The van der Waals surface area contributed by atoms with Crippen molar-refractivity contribution in [2.45, 2.75) is 0 Å². The van der Waals surface area contributed by atoms with E-state index in [1.165, 1.54) is 6.08 Å². The van der Waals surface area contributed by atoms with Crippen LogP contribution in [0.15, 0.2) is 54.6 Å². The predicted octanol–water partition coefficient (Wildman–Crippen LogP) is 3.51. The van der Waals surface area contributed by atoms with Crippen LogP contribution >= 0.6 is 11.6 Å². The van der Waals surface area contributed by atoms with Crippen LogP contribution in [0, 0.1) is 0 Å². The van der Waals surface area contributed by atoms with Gasteiger partial charge in [-0.15, -0.1) is 0 Å². The van der Waals surface area contributed by atoms with Crippen LogP contribution < -0.4 is 5.73 Å². The number of amides is 1. The first-order valence-corrected chi connectivity index (χ1v) is 5.86. The van der Waals surface area contributed by atoms with Gasteiger partial charge in [-0.25, -0.2) is 0 Å². The fourth-order valence-corrected chi connectivity index (χ4v) is 1.73. The summed E-state index contributed by atoms with van der Waals surface area (Å²) in [5, 5.41) is 0.722. The Hall–Kier alpha value is -2.06. The molecule has 2 nitrogen and oxygen atoms in total. The molecular weight excluding hydrogens is 246 g/mol. The standard InChI is InChI=1S/C15H12ClNO/c16-14-8-6-13(7-9-14)12-4-1-11(2-5-12)3-10-15(17)18/h1-10H,(H2,17,18)/b10-3+. The Morgan fingerprint density at radius 1 is 0.944 bits per heavy atom. The van der Waals surface area contributed by atoms with Crippen LogP contribution in [0.25, 0.3) is 17.2 Å². The number of primary amides is 1. The Bertz CT molecular complexity index is 570. The van der Waals surface area contributed by atoms with E-state index in [2.05, 4.69) is 0 Å². The maximum Gasteiger partial charge on any atom is 0.241 e. The third kappa shape index (κ3) is 3.22. The van der Waals surface area contributed by atoms with E-state index >= 15 is 0 Å². The van der Waals surface area contributed by atoms with E-state index in [1.807, 2.05) is 48.5 Å². The van der Waals surface area contributed by atoms with Crippen LogP contribution in [-0.4, -0.2) is 5.91 Å². The molecule has 2 rings (SSSR count). The number of halogens is 1. The second-order valence-electron chi connectivity index (χ2n) is 3.86. The lowest BCUT2D eigenvalue weighted by atomic mass is 10.0. The second kappa shape index (κ2) is 5.52. The van der Waals surface area contributed by atoms with E-state index in [4.69, 9.17) is 17.3 Å². The van der Waals surface area contributed by atoms with Gasteiger partial charge in [-0.05, 0) is 34.9 Å². The number of rotatable bonds is 3. The first-order valence-electron chi connectivity index (χ1n) is 5.49. The van der Waals surface area contributed by atoms with Gasteiger partial charge in [0.2, 0.25) is 5.91 Å². The molecule has 2 aromatic rings. The molecule has 0 aromatic heterocycles. The number of carbonyl (C=O) groups is 1. The zero-order valence-corrected chi connectivity index (χ0v) is 10.4. The molecular formula is C15H12ClNO. The van der Waals surface area contributed by atoms with E-state index in [1.54, 1.807) is 6.08 Å². The first kappa shape index (κ1) is 12.4. The molecule has 0 aliphatic carbocycles. The molecule has 2 aromatic carbocycles. The van der Waals surface area contributed by atoms with Gasteiger partial charge in [-0.2, -0.15) is 0 Å². The number of benzene rings is 2. The van der Waals surface area contributed by atoms with Crippen molar-refractivity contribution in [2.24, 2.45) is 5.73 Å². The minimum atomic E-state index is -0.447. The fraction of sp³-hybridized carbons (Fsp3) is 0. The average molecular weight is 258 g/mol. The van der Waals surface area contributed by atoms with Crippen molar-refractivity contribution in [3.63, 3.8) is 0 Å². The lowest BCUT2D eigenvalue weighted by molar-refractivity contribution is -0.113. The Labute approximate surface area is 111 Å². The molecule has 90 valence electrons. The molecule has 0 aliphatic heterocycles. The lowest BCUT2D eigenvalue weighted by Crippen LogP contribution is -2.04. The molecule has 1 amide bonds. The zero-order valence-electron chi connectivity index (χ0n) is 9.64. The highest BCUT2D eigenvalue weighted by Gasteiger charge is 1.97. The average Bonchev–Trinajstić information content (AvgIpc) is 2.38. The summed E-state index contributed by atoms with van der Waals surface area (Å²) in [6, 6.07) is 15.5. The summed E-state index contributed by atoms with van der Waals surface area (Å²) in [5.74, 6) is -0.447. The summed E-state index contributed by atoms with van der Waals surface area (Å²) >= 11 is 5.84. The first-order chi connectivity index (χ1) is 8.65. The fourth-order valence-electron chi connectivity index (χ4n) is 1.61. The normalized spacial score (nSPS) is 10.7. The maximum absolute atomic E-state index is 10.6. The Balaban J connectivity index is 2.22. The topological polar surface area (TPSA) is 43.1 Å². The molecule has 0 unspecified atom stereocenters.